The number of carbonyl (C=O) groups is 1. The highest BCUT2D eigenvalue weighted by Gasteiger charge is 2.25. The average molecular weight is 545 g/mol. The molecule has 206 valence electrons. The lowest BCUT2D eigenvalue weighted by molar-refractivity contribution is 0.0934. The number of H-pyrrole nitrogens is 1. The Balaban J connectivity index is 1.43. The van der Waals surface area contributed by atoms with Crippen molar-refractivity contribution in [1.29, 1.82) is 0 Å². The number of hydrogen-bond acceptors (Lipinski definition) is 4. The first-order valence-electron chi connectivity index (χ1n) is 13.7. The van der Waals surface area contributed by atoms with Gasteiger partial charge in [-0.2, -0.15) is 0 Å². The van der Waals surface area contributed by atoms with Crippen molar-refractivity contribution < 1.29 is 14.3 Å². The molecule has 2 heterocycles. The van der Waals surface area contributed by atoms with Crippen molar-refractivity contribution >= 4 is 27.8 Å². The lowest BCUT2D eigenvalue weighted by Crippen LogP contribution is -2.32. The Kier molecular flexibility index (Phi) is 7.41. The van der Waals surface area contributed by atoms with E-state index in [4.69, 9.17) is 14.5 Å². The molecule has 1 amide bonds. The number of carbonyl (C=O) groups excluding carboxylic acids is 1. The van der Waals surface area contributed by atoms with Crippen LogP contribution in [-0.2, 0) is 19.4 Å². The molecule has 0 aliphatic carbocycles. The van der Waals surface area contributed by atoms with E-state index in [0.717, 1.165) is 45.5 Å². The monoisotopic (exact) mass is 544 g/mol. The molecule has 0 aliphatic heterocycles. The molecule has 6 aromatic rings. The zero-order valence-corrected chi connectivity index (χ0v) is 23.1. The van der Waals surface area contributed by atoms with Crippen LogP contribution in [0.3, 0.4) is 0 Å². The molecule has 0 spiro atoms. The number of ether oxygens (including phenoxy) is 2. The van der Waals surface area contributed by atoms with Gasteiger partial charge in [0.1, 0.15) is 17.3 Å². The molecule has 41 heavy (non-hydrogen) atoms. The van der Waals surface area contributed by atoms with Crippen molar-refractivity contribution in [3.8, 4) is 11.5 Å². The van der Waals surface area contributed by atoms with Crippen LogP contribution in [0.5, 0.6) is 11.5 Å². The van der Waals surface area contributed by atoms with Crippen LogP contribution in [0.2, 0.25) is 0 Å². The number of aromatic amines is 1. The maximum Gasteiger partial charge on any atom is 0.251 e. The predicted molar refractivity (Wildman–Crippen MR) is 162 cm³/mol. The van der Waals surface area contributed by atoms with Gasteiger partial charge in [-0.3, -0.25) is 4.79 Å². The van der Waals surface area contributed by atoms with E-state index in [2.05, 4.69) is 51.3 Å². The summed E-state index contributed by atoms with van der Waals surface area (Å²) in [5.74, 6) is 2.10. The molecule has 0 bridgehead atoms. The Morgan fingerprint density at radius 3 is 2.41 bits per heavy atom. The van der Waals surface area contributed by atoms with Gasteiger partial charge in [0.2, 0.25) is 0 Å². The number of methoxy groups -OCH3 is 2. The smallest absolute Gasteiger partial charge is 0.251 e. The van der Waals surface area contributed by atoms with E-state index in [0.29, 0.717) is 24.3 Å². The van der Waals surface area contributed by atoms with Crippen LogP contribution in [0.4, 0.5) is 0 Å². The number of benzene rings is 4. The van der Waals surface area contributed by atoms with E-state index >= 15 is 0 Å². The number of fused-ring (bicyclic) bond motifs is 2. The number of nitrogens with one attached hydrogen (secondary N) is 2. The normalized spacial score (nSPS) is 12.0. The summed E-state index contributed by atoms with van der Waals surface area (Å²) in [6.07, 6.45) is 3.41. The van der Waals surface area contributed by atoms with Crippen molar-refractivity contribution in [2.24, 2.45) is 0 Å². The highest BCUT2D eigenvalue weighted by atomic mass is 16.5. The zero-order chi connectivity index (χ0) is 28.2. The zero-order valence-electron chi connectivity index (χ0n) is 23.1. The van der Waals surface area contributed by atoms with E-state index in [1.54, 1.807) is 38.5 Å². The number of imidazole rings is 1. The standard InChI is InChI=1S/C34H32N4O3/c1-40-26-14-12-24(13-15-26)34(39)37-31(20-25-22-35-29-11-7-6-10-28(25)29)33-36-30-17-16-27(41-2)21-32(30)38(33)19-18-23-8-4-3-5-9-23/h3-17,21-22,31,35H,18-20H2,1-2H3,(H,37,39). The molecule has 2 aromatic heterocycles. The Bertz CT molecular complexity index is 1790. The fraction of sp³-hybridized carbons (Fsp3) is 0.176. The summed E-state index contributed by atoms with van der Waals surface area (Å²) in [6.45, 7) is 0.700. The van der Waals surface area contributed by atoms with E-state index in [1.165, 1.54) is 5.56 Å². The number of rotatable bonds is 10. The average Bonchev–Trinajstić information content (AvgIpc) is 3.60. The second-order valence-electron chi connectivity index (χ2n) is 10.0. The minimum Gasteiger partial charge on any atom is -0.497 e. The summed E-state index contributed by atoms with van der Waals surface area (Å²) in [4.78, 5) is 22.1. The van der Waals surface area contributed by atoms with Crippen LogP contribution >= 0.6 is 0 Å². The number of amides is 1. The summed E-state index contributed by atoms with van der Waals surface area (Å²) in [5, 5.41) is 4.44. The summed E-state index contributed by atoms with van der Waals surface area (Å²) in [6, 6.07) is 31.3. The molecular formula is C34H32N4O3. The Hall–Kier alpha value is -5.04. The quantitative estimate of drug-likeness (QED) is 0.207. The second-order valence-corrected chi connectivity index (χ2v) is 10.0. The molecule has 1 atom stereocenters. The molecule has 0 saturated heterocycles. The fourth-order valence-electron chi connectivity index (χ4n) is 5.35. The van der Waals surface area contributed by atoms with Crippen molar-refractivity contribution in [3.05, 3.63) is 126 Å². The van der Waals surface area contributed by atoms with Gasteiger partial charge in [-0.1, -0.05) is 48.5 Å². The second kappa shape index (κ2) is 11.6. The molecule has 6 rings (SSSR count). The maximum atomic E-state index is 13.6. The van der Waals surface area contributed by atoms with Crippen LogP contribution in [0.1, 0.15) is 33.4 Å². The van der Waals surface area contributed by atoms with Gasteiger partial charge in [0, 0.05) is 41.7 Å². The molecule has 7 nitrogen and oxygen atoms in total. The third-order valence-electron chi connectivity index (χ3n) is 7.52. The number of aromatic nitrogens is 3. The van der Waals surface area contributed by atoms with Gasteiger partial charge in [-0.15, -0.1) is 0 Å². The fourth-order valence-corrected chi connectivity index (χ4v) is 5.35. The minimum atomic E-state index is -0.391. The number of nitrogens with zero attached hydrogens (tertiary/aromatic N) is 2. The minimum absolute atomic E-state index is 0.170. The van der Waals surface area contributed by atoms with Crippen molar-refractivity contribution in [2.75, 3.05) is 14.2 Å². The maximum absolute atomic E-state index is 13.6. The summed E-state index contributed by atoms with van der Waals surface area (Å²) >= 11 is 0. The molecule has 1 unspecified atom stereocenters. The SMILES string of the molecule is COc1ccc(C(=O)NC(Cc2c[nH]c3ccccc23)c2nc3ccc(OC)cc3n2CCc2ccccc2)cc1. The van der Waals surface area contributed by atoms with Crippen LogP contribution in [-0.4, -0.2) is 34.7 Å². The van der Waals surface area contributed by atoms with Crippen LogP contribution in [0, 0.1) is 0 Å². The molecule has 0 radical (unpaired) electrons. The molecular weight excluding hydrogens is 512 g/mol. The van der Waals surface area contributed by atoms with E-state index in [-0.39, 0.29) is 5.91 Å². The van der Waals surface area contributed by atoms with Gasteiger partial charge in [0.25, 0.3) is 5.91 Å². The molecule has 7 heteroatoms. The topological polar surface area (TPSA) is 81.2 Å². The summed E-state index contributed by atoms with van der Waals surface area (Å²) < 4.78 is 13.1. The van der Waals surface area contributed by atoms with Crippen LogP contribution in [0.15, 0.2) is 103 Å². The number of aryl methyl sites for hydroxylation is 2. The highest BCUT2D eigenvalue weighted by Crippen LogP contribution is 2.29. The largest absolute Gasteiger partial charge is 0.497 e. The third kappa shape index (κ3) is 5.52. The lowest BCUT2D eigenvalue weighted by Gasteiger charge is -2.21. The van der Waals surface area contributed by atoms with Gasteiger partial charge in [-0.05, 0) is 60.0 Å². The molecule has 4 aromatic carbocycles. The molecule has 0 fully saturated rings. The first kappa shape index (κ1) is 26.2. The molecule has 2 N–H and O–H groups in total. The van der Waals surface area contributed by atoms with Crippen molar-refractivity contribution in [3.63, 3.8) is 0 Å². The van der Waals surface area contributed by atoms with Gasteiger partial charge < -0.3 is 24.3 Å². The first-order valence-corrected chi connectivity index (χ1v) is 13.7. The predicted octanol–water partition coefficient (Wildman–Crippen LogP) is 6.49. The molecule has 0 aliphatic rings. The third-order valence-corrected chi connectivity index (χ3v) is 7.52. The van der Waals surface area contributed by atoms with E-state index in [1.807, 2.05) is 42.6 Å². The number of hydrogen-bond donors (Lipinski definition) is 2. The van der Waals surface area contributed by atoms with Crippen LogP contribution in [0.25, 0.3) is 21.9 Å². The van der Waals surface area contributed by atoms with E-state index < -0.39 is 6.04 Å². The Labute approximate surface area is 238 Å². The Morgan fingerprint density at radius 1 is 0.902 bits per heavy atom. The van der Waals surface area contributed by atoms with Gasteiger partial charge in [0.15, 0.2) is 0 Å². The van der Waals surface area contributed by atoms with Gasteiger partial charge in [-0.25, -0.2) is 4.98 Å². The summed E-state index contributed by atoms with van der Waals surface area (Å²) in [5.41, 5.74) is 5.79. The lowest BCUT2D eigenvalue weighted by atomic mass is 10.0. The Morgan fingerprint density at radius 2 is 1.63 bits per heavy atom. The van der Waals surface area contributed by atoms with E-state index in [9.17, 15) is 4.79 Å². The van der Waals surface area contributed by atoms with Crippen molar-refractivity contribution in [2.45, 2.75) is 25.4 Å². The number of para-hydroxylation sites is 1. The van der Waals surface area contributed by atoms with Gasteiger partial charge in [0.05, 0.1) is 31.3 Å². The van der Waals surface area contributed by atoms with Crippen LogP contribution < -0.4 is 14.8 Å². The highest BCUT2D eigenvalue weighted by molar-refractivity contribution is 5.94. The van der Waals surface area contributed by atoms with Gasteiger partial charge >= 0.3 is 0 Å². The first-order chi connectivity index (χ1) is 20.1. The van der Waals surface area contributed by atoms with Crippen molar-refractivity contribution in [1.82, 2.24) is 19.9 Å². The molecule has 0 saturated carbocycles. The summed E-state index contributed by atoms with van der Waals surface area (Å²) in [7, 11) is 3.28.